The number of aliphatic hydroxyl groups excluding tert-OH is 1. The molecule has 1 heterocycles. The first-order chi connectivity index (χ1) is 26.9. The Hall–Kier alpha value is -5.87. The quantitative estimate of drug-likeness (QED) is 0.0656. The van der Waals surface area contributed by atoms with Gasteiger partial charge in [0.1, 0.15) is 17.9 Å². The Labute approximate surface area is 329 Å². The minimum atomic E-state index is -1.66. The van der Waals surface area contributed by atoms with Gasteiger partial charge in [-0.2, -0.15) is 0 Å². The zero-order valence-corrected chi connectivity index (χ0v) is 32.6. The van der Waals surface area contributed by atoms with Crippen LogP contribution in [0.4, 0.5) is 0 Å². The maximum Gasteiger partial charge on any atom is 0.329 e. The van der Waals surface area contributed by atoms with Crippen molar-refractivity contribution in [3.05, 3.63) is 138 Å². The van der Waals surface area contributed by atoms with Gasteiger partial charge in [0.2, 0.25) is 5.91 Å². The summed E-state index contributed by atoms with van der Waals surface area (Å²) in [4.78, 5) is 48.7. The number of aliphatic hydroxyl groups is 1. The van der Waals surface area contributed by atoms with Crippen molar-refractivity contribution in [3.63, 3.8) is 0 Å². The van der Waals surface area contributed by atoms with E-state index in [9.17, 15) is 24.6 Å². The highest BCUT2D eigenvalue weighted by molar-refractivity contribution is 5.98. The highest BCUT2D eigenvalue weighted by Gasteiger charge is 2.33. The molecule has 5 aromatic rings. The Kier molecular flexibility index (Phi) is 14.5. The fourth-order valence-electron chi connectivity index (χ4n) is 6.24. The monoisotopic (exact) mass is 756 g/mol. The number of carbonyl (C=O) groups excluding carboxylic acids is 2. The molecule has 4 N–H and O–H groups in total. The lowest BCUT2D eigenvalue weighted by Gasteiger charge is -2.25. The number of aromatic nitrogens is 2. The van der Waals surface area contributed by atoms with Crippen molar-refractivity contribution in [1.82, 2.24) is 20.6 Å². The normalized spacial score (nSPS) is 12.9. The first-order valence-electron chi connectivity index (χ1n) is 19.2. The first kappa shape index (κ1) is 41.3. The number of ether oxygens (including phenoxy) is 1. The first-order valence-corrected chi connectivity index (χ1v) is 19.2. The van der Waals surface area contributed by atoms with E-state index in [0.29, 0.717) is 29.1 Å². The lowest BCUT2D eigenvalue weighted by Crippen LogP contribution is -2.54. The van der Waals surface area contributed by atoms with Crippen LogP contribution in [0, 0.1) is 0 Å². The van der Waals surface area contributed by atoms with Gasteiger partial charge in [-0.05, 0) is 58.4 Å². The van der Waals surface area contributed by atoms with Gasteiger partial charge in [-0.25, -0.2) is 14.8 Å². The number of nitrogens with one attached hydrogen (secondary N) is 2. The van der Waals surface area contributed by atoms with Crippen LogP contribution in [-0.4, -0.2) is 56.7 Å². The Morgan fingerprint density at radius 3 is 1.96 bits per heavy atom. The largest absolute Gasteiger partial charge is 0.494 e. The van der Waals surface area contributed by atoms with Crippen LogP contribution in [-0.2, 0) is 21.4 Å². The molecule has 0 saturated carbocycles. The number of carboxylic acid groups (broad SMARTS) is 1. The number of amides is 2. The van der Waals surface area contributed by atoms with E-state index in [1.165, 1.54) is 25.7 Å². The summed E-state index contributed by atoms with van der Waals surface area (Å²) in [5, 5.41) is 26.2. The van der Waals surface area contributed by atoms with Gasteiger partial charge in [-0.15, -0.1) is 0 Å². The zero-order valence-electron chi connectivity index (χ0n) is 32.6. The van der Waals surface area contributed by atoms with Gasteiger partial charge in [0.15, 0.2) is 11.9 Å². The Balaban J connectivity index is 1.28. The van der Waals surface area contributed by atoms with Crippen molar-refractivity contribution < 1.29 is 29.3 Å². The van der Waals surface area contributed by atoms with Gasteiger partial charge in [0, 0.05) is 35.5 Å². The van der Waals surface area contributed by atoms with Crippen LogP contribution in [0.25, 0.3) is 22.5 Å². The fraction of sp³-hybridized carbons (Fsp3) is 0.326. The van der Waals surface area contributed by atoms with Gasteiger partial charge in [-0.1, -0.05) is 132 Å². The molecule has 3 unspecified atom stereocenters. The molecule has 10 nitrogen and oxygen atoms in total. The van der Waals surface area contributed by atoms with Crippen LogP contribution in [0.3, 0.4) is 0 Å². The summed E-state index contributed by atoms with van der Waals surface area (Å²) in [5.74, 6) is -1.31. The van der Waals surface area contributed by atoms with Crippen LogP contribution in [0.1, 0.15) is 93.0 Å². The van der Waals surface area contributed by atoms with E-state index in [-0.39, 0.29) is 11.8 Å². The molecule has 0 bridgehead atoms. The van der Waals surface area contributed by atoms with Crippen LogP contribution in [0.5, 0.6) is 5.75 Å². The molecule has 0 fully saturated rings. The van der Waals surface area contributed by atoms with Crippen molar-refractivity contribution in [2.45, 2.75) is 89.8 Å². The number of benzene rings is 4. The van der Waals surface area contributed by atoms with E-state index < -0.39 is 36.0 Å². The van der Waals surface area contributed by atoms with Gasteiger partial charge in [0.05, 0.1) is 6.61 Å². The topological polar surface area (TPSA) is 151 Å². The number of hydrogen-bond donors (Lipinski definition) is 4. The minimum Gasteiger partial charge on any atom is -0.494 e. The third-order valence-corrected chi connectivity index (χ3v) is 9.66. The number of carboxylic acids is 1. The van der Waals surface area contributed by atoms with E-state index in [4.69, 9.17) is 4.74 Å². The van der Waals surface area contributed by atoms with Gasteiger partial charge in [0.25, 0.3) is 5.91 Å². The van der Waals surface area contributed by atoms with Crippen molar-refractivity contribution in [2.75, 3.05) is 6.61 Å². The molecule has 56 heavy (non-hydrogen) atoms. The minimum absolute atomic E-state index is 0.0457. The molecule has 4 aromatic carbocycles. The predicted molar refractivity (Wildman–Crippen MR) is 218 cm³/mol. The smallest absolute Gasteiger partial charge is 0.329 e. The van der Waals surface area contributed by atoms with Crippen LogP contribution >= 0.6 is 0 Å². The molecule has 0 saturated heterocycles. The van der Waals surface area contributed by atoms with Crippen LogP contribution < -0.4 is 15.4 Å². The second-order valence-electron chi connectivity index (χ2n) is 15.0. The van der Waals surface area contributed by atoms with E-state index in [1.54, 1.807) is 54.9 Å². The second-order valence-corrected chi connectivity index (χ2v) is 15.0. The van der Waals surface area contributed by atoms with Crippen LogP contribution in [0.15, 0.2) is 116 Å². The number of rotatable bonds is 18. The SMILES string of the molecule is CCCCCCCOc1ccc(-c2cnc(-c3ccc(CC(NC(=O)c4ccc(C(C)(C)C)cc4)C(=O)NC(C(=O)O)C(O)c4ccccc4)cc3)nc2)cc1. The molecule has 0 aliphatic carbocycles. The molecular formula is C46H52N4O6. The molecule has 10 heteroatoms. The molecule has 5 rings (SSSR count). The molecule has 292 valence electrons. The number of nitrogens with zero attached hydrogens (tertiary/aromatic N) is 2. The summed E-state index contributed by atoms with van der Waals surface area (Å²) in [5.41, 5.74) is 4.91. The molecule has 1 aromatic heterocycles. The predicted octanol–water partition coefficient (Wildman–Crippen LogP) is 8.10. The maximum absolute atomic E-state index is 13.8. The molecule has 0 spiro atoms. The molecule has 3 atom stereocenters. The average molecular weight is 757 g/mol. The standard InChI is InChI=1S/C46H52N4O6/c1-5-6-7-8-12-27-56-38-25-21-32(22-26-38)36-29-47-42(48-30-36)34-17-15-31(16-18-34)28-39(49-43(52)35-19-23-37(24-20-35)46(2,3)4)44(53)50-40(45(54)55)41(51)33-13-10-9-11-14-33/h9-11,13-26,29-30,39-41,51H,5-8,12,27-28H2,1-4H3,(H,49,52)(H,50,53)(H,54,55). The number of hydrogen-bond acceptors (Lipinski definition) is 7. The Bertz CT molecular complexity index is 2010. The lowest BCUT2D eigenvalue weighted by atomic mass is 9.86. The third-order valence-electron chi connectivity index (χ3n) is 9.66. The van der Waals surface area contributed by atoms with E-state index in [2.05, 4.69) is 48.3 Å². The van der Waals surface area contributed by atoms with Gasteiger partial charge in [-0.3, -0.25) is 9.59 Å². The highest BCUT2D eigenvalue weighted by Crippen LogP contribution is 2.25. The van der Waals surface area contributed by atoms with Gasteiger partial charge >= 0.3 is 5.97 Å². The second kappa shape index (κ2) is 19.6. The fourth-order valence-corrected chi connectivity index (χ4v) is 6.24. The number of carbonyl (C=O) groups is 3. The maximum atomic E-state index is 13.8. The summed E-state index contributed by atoms with van der Waals surface area (Å²) in [6.07, 6.45) is 8.02. The lowest BCUT2D eigenvalue weighted by molar-refractivity contribution is -0.145. The summed E-state index contributed by atoms with van der Waals surface area (Å²) < 4.78 is 5.90. The summed E-state index contributed by atoms with van der Waals surface area (Å²) in [6, 6.07) is 27.7. The third kappa shape index (κ3) is 11.6. The summed E-state index contributed by atoms with van der Waals surface area (Å²) in [7, 11) is 0. The van der Waals surface area contributed by atoms with E-state index in [0.717, 1.165) is 34.4 Å². The highest BCUT2D eigenvalue weighted by atomic mass is 16.5. The Morgan fingerprint density at radius 1 is 0.732 bits per heavy atom. The molecule has 0 radical (unpaired) electrons. The molecule has 0 aliphatic rings. The number of unbranched alkanes of at least 4 members (excludes halogenated alkanes) is 4. The Morgan fingerprint density at radius 2 is 1.36 bits per heavy atom. The zero-order chi connectivity index (χ0) is 40.1. The number of aliphatic carboxylic acids is 1. The van der Waals surface area contributed by atoms with Crippen molar-refractivity contribution >= 4 is 17.8 Å². The molecular weight excluding hydrogens is 705 g/mol. The molecule has 0 aliphatic heterocycles. The van der Waals surface area contributed by atoms with Crippen LogP contribution in [0.2, 0.25) is 0 Å². The van der Waals surface area contributed by atoms with Crippen molar-refractivity contribution in [2.24, 2.45) is 0 Å². The van der Waals surface area contributed by atoms with E-state index in [1.807, 2.05) is 60.7 Å². The van der Waals surface area contributed by atoms with Gasteiger partial charge < -0.3 is 25.6 Å². The summed E-state index contributed by atoms with van der Waals surface area (Å²) >= 11 is 0. The average Bonchev–Trinajstić information content (AvgIpc) is 3.21. The van der Waals surface area contributed by atoms with Crippen molar-refractivity contribution in [1.29, 1.82) is 0 Å². The summed E-state index contributed by atoms with van der Waals surface area (Å²) in [6.45, 7) is 9.14. The van der Waals surface area contributed by atoms with Crippen molar-refractivity contribution in [3.8, 4) is 28.3 Å². The molecule has 2 amide bonds. The van der Waals surface area contributed by atoms with E-state index >= 15 is 0 Å².